The van der Waals surface area contributed by atoms with Crippen LogP contribution in [-0.2, 0) is 4.74 Å². The van der Waals surface area contributed by atoms with Gasteiger partial charge in [0, 0.05) is 12.2 Å². The minimum absolute atomic E-state index is 0.352. The second kappa shape index (κ2) is 4.79. The maximum absolute atomic E-state index is 11.3. The van der Waals surface area contributed by atoms with E-state index in [1.807, 2.05) is 4.57 Å². The Morgan fingerprint density at radius 3 is 2.93 bits per heavy atom. The van der Waals surface area contributed by atoms with Gasteiger partial charge in [-0.2, -0.15) is 0 Å². The van der Waals surface area contributed by atoms with Gasteiger partial charge in [0.1, 0.15) is 0 Å². The third-order valence-corrected chi connectivity index (χ3v) is 2.19. The van der Waals surface area contributed by atoms with Crippen LogP contribution in [0.25, 0.3) is 0 Å². The van der Waals surface area contributed by atoms with Crippen LogP contribution in [0.3, 0.4) is 0 Å². The summed E-state index contributed by atoms with van der Waals surface area (Å²) in [5.41, 5.74) is 0.382. The molecular formula is C10H16N2O2. The molecule has 0 bridgehead atoms. The quantitative estimate of drug-likeness (QED) is 0.692. The molecule has 0 spiro atoms. The highest BCUT2D eigenvalue weighted by atomic mass is 16.5. The van der Waals surface area contributed by atoms with Crippen molar-refractivity contribution in [2.75, 3.05) is 6.61 Å². The van der Waals surface area contributed by atoms with Gasteiger partial charge in [0.15, 0.2) is 5.69 Å². The molecule has 1 rings (SSSR count). The molecule has 1 heterocycles. The van der Waals surface area contributed by atoms with Crippen molar-refractivity contribution in [3.05, 3.63) is 18.2 Å². The van der Waals surface area contributed by atoms with Crippen molar-refractivity contribution in [2.45, 2.75) is 33.2 Å². The zero-order valence-electron chi connectivity index (χ0n) is 8.86. The van der Waals surface area contributed by atoms with Crippen LogP contribution >= 0.6 is 0 Å². The van der Waals surface area contributed by atoms with E-state index in [0.29, 0.717) is 18.3 Å². The lowest BCUT2D eigenvalue weighted by Gasteiger charge is -2.08. The van der Waals surface area contributed by atoms with E-state index in [-0.39, 0.29) is 5.97 Å². The number of hydrogen-bond donors (Lipinski definition) is 0. The molecular weight excluding hydrogens is 180 g/mol. The van der Waals surface area contributed by atoms with Gasteiger partial charge in [0.2, 0.25) is 0 Å². The summed E-state index contributed by atoms with van der Waals surface area (Å²) in [6.45, 7) is 6.34. The van der Waals surface area contributed by atoms with Crippen LogP contribution < -0.4 is 0 Å². The van der Waals surface area contributed by atoms with E-state index in [2.05, 4.69) is 18.8 Å². The van der Waals surface area contributed by atoms with Crippen molar-refractivity contribution in [2.24, 2.45) is 0 Å². The summed E-state index contributed by atoms with van der Waals surface area (Å²) in [5, 5.41) is 0. The highest BCUT2D eigenvalue weighted by Crippen LogP contribution is 2.10. The summed E-state index contributed by atoms with van der Waals surface area (Å²) in [4.78, 5) is 15.3. The van der Waals surface area contributed by atoms with Gasteiger partial charge in [0.05, 0.1) is 12.9 Å². The Balaban J connectivity index is 2.72. The first-order valence-corrected chi connectivity index (χ1v) is 4.89. The largest absolute Gasteiger partial charge is 0.461 e. The van der Waals surface area contributed by atoms with Gasteiger partial charge in [-0.1, -0.05) is 6.92 Å². The number of rotatable bonds is 4. The Morgan fingerprint density at radius 2 is 2.36 bits per heavy atom. The Labute approximate surface area is 83.9 Å². The fourth-order valence-corrected chi connectivity index (χ4v) is 1.10. The lowest BCUT2D eigenvalue weighted by atomic mass is 10.2. The number of nitrogens with zero attached hydrogens (tertiary/aromatic N) is 2. The molecule has 0 aromatic carbocycles. The van der Waals surface area contributed by atoms with Crippen molar-refractivity contribution < 1.29 is 9.53 Å². The van der Waals surface area contributed by atoms with Crippen LogP contribution in [0.5, 0.6) is 0 Å². The molecule has 4 heteroatoms. The number of carbonyl (C=O) groups is 1. The number of aromatic nitrogens is 2. The van der Waals surface area contributed by atoms with E-state index in [4.69, 9.17) is 4.74 Å². The SMILES string of the molecule is CCOC(=O)c1cn(C(C)CC)cn1. The van der Waals surface area contributed by atoms with Crippen molar-refractivity contribution in [3.8, 4) is 0 Å². The summed E-state index contributed by atoms with van der Waals surface area (Å²) in [7, 11) is 0. The van der Waals surface area contributed by atoms with E-state index in [1.165, 1.54) is 0 Å². The molecule has 1 aromatic heterocycles. The third kappa shape index (κ3) is 2.34. The molecule has 1 atom stereocenters. The van der Waals surface area contributed by atoms with Crippen LogP contribution in [0.2, 0.25) is 0 Å². The number of imidazole rings is 1. The Hall–Kier alpha value is -1.32. The standard InChI is InChI=1S/C10H16N2O2/c1-4-8(3)12-6-9(11-7-12)10(13)14-5-2/h6-8H,4-5H2,1-3H3. The summed E-state index contributed by atoms with van der Waals surface area (Å²) >= 11 is 0. The summed E-state index contributed by atoms with van der Waals surface area (Å²) < 4.78 is 6.76. The molecule has 1 unspecified atom stereocenters. The molecule has 4 nitrogen and oxygen atoms in total. The second-order valence-corrected chi connectivity index (χ2v) is 3.18. The first-order chi connectivity index (χ1) is 6.69. The van der Waals surface area contributed by atoms with Crippen LogP contribution in [0.15, 0.2) is 12.5 Å². The lowest BCUT2D eigenvalue weighted by molar-refractivity contribution is 0.0520. The van der Waals surface area contributed by atoms with E-state index in [9.17, 15) is 4.79 Å². The normalized spacial score (nSPS) is 12.5. The van der Waals surface area contributed by atoms with E-state index >= 15 is 0 Å². The maximum Gasteiger partial charge on any atom is 0.358 e. The van der Waals surface area contributed by atoms with Crippen LogP contribution in [-0.4, -0.2) is 22.1 Å². The van der Waals surface area contributed by atoms with E-state index in [0.717, 1.165) is 6.42 Å². The molecule has 0 aliphatic rings. The van der Waals surface area contributed by atoms with Crippen molar-refractivity contribution in [3.63, 3.8) is 0 Å². The fourth-order valence-electron chi connectivity index (χ4n) is 1.10. The topological polar surface area (TPSA) is 44.1 Å². The molecule has 0 aliphatic heterocycles. The summed E-state index contributed by atoms with van der Waals surface area (Å²) in [5.74, 6) is -0.352. The Bertz CT molecular complexity index is 307. The highest BCUT2D eigenvalue weighted by Gasteiger charge is 2.11. The van der Waals surface area contributed by atoms with E-state index < -0.39 is 0 Å². The molecule has 0 amide bonds. The summed E-state index contributed by atoms with van der Waals surface area (Å²) in [6.07, 6.45) is 4.41. The van der Waals surface area contributed by atoms with Gasteiger partial charge in [-0.15, -0.1) is 0 Å². The third-order valence-electron chi connectivity index (χ3n) is 2.19. The monoisotopic (exact) mass is 196 g/mol. The molecule has 0 saturated heterocycles. The van der Waals surface area contributed by atoms with Gasteiger partial charge >= 0.3 is 5.97 Å². The van der Waals surface area contributed by atoms with Crippen molar-refractivity contribution in [1.29, 1.82) is 0 Å². The van der Waals surface area contributed by atoms with Gasteiger partial charge in [-0.3, -0.25) is 0 Å². The zero-order chi connectivity index (χ0) is 10.6. The second-order valence-electron chi connectivity index (χ2n) is 3.18. The number of ether oxygens (including phenoxy) is 1. The average molecular weight is 196 g/mol. The maximum atomic E-state index is 11.3. The van der Waals surface area contributed by atoms with Gasteiger partial charge in [0.25, 0.3) is 0 Å². The smallest absolute Gasteiger partial charge is 0.358 e. The number of esters is 1. The predicted molar refractivity (Wildman–Crippen MR) is 53.2 cm³/mol. The molecule has 0 saturated carbocycles. The molecule has 0 N–H and O–H groups in total. The zero-order valence-corrected chi connectivity index (χ0v) is 8.86. The first-order valence-electron chi connectivity index (χ1n) is 4.89. The van der Waals surface area contributed by atoms with Crippen molar-refractivity contribution in [1.82, 2.24) is 9.55 Å². The number of carbonyl (C=O) groups excluding carboxylic acids is 1. The minimum atomic E-state index is -0.352. The Kier molecular flexibility index (Phi) is 3.68. The number of hydrogen-bond acceptors (Lipinski definition) is 3. The van der Waals surface area contributed by atoms with Gasteiger partial charge in [-0.05, 0) is 20.3 Å². The van der Waals surface area contributed by atoms with Crippen LogP contribution in [0.4, 0.5) is 0 Å². The predicted octanol–water partition coefficient (Wildman–Crippen LogP) is 2.03. The summed E-state index contributed by atoms with van der Waals surface area (Å²) in [6, 6.07) is 0.366. The van der Waals surface area contributed by atoms with Crippen LogP contribution in [0, 0.1) is 0 Å². The first kappa shape index (κ1) is 10.8. The van der Waals surface area contributed by atoms with Gasteiger partial charge in [-0.25, -0.2) is 9.78 Å². The lowest BCUT2D eigenvalue weighted by Crippen LogP contribution is -2.05. The van der Waals surface area contributed by atoms with Gasteiger partial charge < -0.3 is 9.30 Å². The fraction of sp³-hybridized carbons (Fsp3) is 0.600. The minimum Gasteiger partial charge on any atom is -0.461 e. The molecule has 1 aromatic rings. The average Bonchev–Trinajstić information content (AvgIpc) is 2.66. The molecule has 78 valence electrons. The molecule has 0 aliphatic carbocycles. The Morgan fingerprint density at radius 1 is 1.64 bits per heavy atom. The van der Waals surface area contributed by atoms with Crippen molar-refractivity contribution >= 4 is 5.97 Å². The molecule has 0 radical (unpaired) electrons. The molecule has 14 heavy (non-hydrogen) atoms. The highest BCUT2D eigenvalue weighted by molar-refractivity contribution is 5.86. The van der Waals surface area contributed by atoms with Crippen LogP contribution in [0.1, 0.15) is 43.7 Å². The van der Waals surface area contributed by atoms with E-state index in [1.54, 1.807) is 19.4 Å². The molecule has 0 fully saturated rings.